The van der Waals surface area contributed by atoms with Crippen LogP contribution in [0.4, 0.5) is 0 Å². The number of carbonyl (C=O) groups is 1. The summed E-state index contributed by atoms with van der Waals surface area (Å²) in [7, 11) is 0. The second kappa shape index (κ2) is 5.17. The van der Waals surface area contributed by atoms with E-state index >= 15 is 0 Å². The topological polar surface area (TPSA) is 34.9 Å². The molecule has 0 amide bonds. The lowest BCUT2D eigenvalue weighted by molar-refractivity contribution is 0.0972. The highest BCUT2D eigenvalue weighted by Gasteiger charge is 2.16. The van der Waals surface area contributed by atoms with E-state index in [4.69, 9.17) is 0 Å². The van der Waals surface area contributed by atoms with Crippen LogP contribution in [0.15, 0.2) is 42.6 Å². The predicted octanol–water partition coefficient (Wildman–Crippen LogP) is 3.80. The number of carbonyl (C=O) groups excluding carboxylic acids is 1. The first-order chi connectivity index (χ1) is 10.1. The zero-order valence-electron chi connectivity index (χ0n) is 12.6. The van der Waals surface area contributed by atoms with E-state index in [1.165, 1.54) is 5.56 Å². The zero-order chi connectivity index (χ0) is 15.0. The lowest BCUT2D eigenvalue weighted by Crippen LogP contribution is -2.12. The number of nitrogens with zero attached hydrogens (tertiary/aromatic N) is 2. The maximum atomic E-state index is 12.4. The number of aromatic nitrogens is 2. The van der Waals surface area contributed by atoms with Crippen LogP contribution in [-0.4, -0.2) is 15.3 Å². The van der Waals surface area contributed by atoms with Crippen molar-refractivity contribution in [1.82, 2.24) is 9.55 Å². The smallest absolute Gasteiger partial charge is 0.182 e. The number of Topliss-reactive ketones (excluding diaryl/α,β-unsaturated/α-hetero) is 1. The van der Waals surface area contributed by atoms with E-state index in [1.807, 2.05) is 54.9 Å². The molecular formula is C18H18N2O. The van der Waals surface area contributed by atoms with E-state index in [2.05, 4.69) is 18.0 Å². The van der Waals surface area contributed by atoms with E-state index in [0.717, 1.165) is 28.2 Å². The van der Waals surface area contributed by atoms with Gasteiger partial charge in [-0.15, -0.1) is 0 Å². The molecule has 3 rings (SSSR count). The Balaban J connectivity index is 1.92. The molecule has 1 aromatic carbocycles. The van der Waals surface area contributed by atoms with Crippen LogP contribution < -0.4 is 0 Å². The number of benzene rings is 1. The first-order valence-electron chi connectivity index (χ1n) is 7.08. The van der Waals surface area contributed by atoms with Gasteiger partial charge in [0.2, 0.25) is 0 Å². The highest BCUT2D eigenvalue weighted by atomic mass is 16.1. The van der Waals surface area contributed by atoms with Gasteiger partial charge in [-0.2, -0.15) is 0 Å². The number of aryl methyl sites for hydroxylation is 2. The zero-order valence-corrected chi connectivity index (χ0v) is 12.6. The van der Waals surface area contributed by atoms with Gasteiger partial charge in [0.05, 0.1) is 6.54 Å². The molecule has 0 radical (unpaired) electrons. The number of hydrogen-bond acceptors (Lipinski definition) is 2. The first-order valence-corrected chi connectivity index (χ1v) is 7.08. The summed E-state index contributed by atoms with van der Waals surface area (Å²) in [5.41, 5.74) is 5.22. The summed E-state index contributed by atoms with van der Waals surface area (Å²) in [6, 6.07) is 11.7. The molecule has 106 valence electrons. The van der Waals surface area contributed by atoms with E-state index in [9.17, 15) is 4.79 Å². The van der Waals surface area contributed by atoms with Crippen molar-refractivity contribution in [2.45, 2.75) is 27.3 Å². The Labute approximate surface area is 124 Å². The van der Waals surface area contributed by atoms with Gasteiger partial charge in [-0.05, 0) is 38.5 Å². The van der Waals surface area contributed by atoms with Crippen molar-refractivity contribution >= 4 is 5.78 Å². The molecule has 0 fully saturated rings. The van der Waals surface area contributed by atoms with Crippen molar-refractivity contribution in [3.05, 3.63) is 65.0 Å². The fourth-order valence-corrected chi connectivity index (χ4v) is 2.51. The molecule has 2 heterocycles. The summed E-state index contributed by atoms with van der Waals surface area (Å²) in [5.74, 6) is 0.985. The van der Waals surface area contributed by atoms with Crippen LogP contribution in [0.3, 0.4) is 0 Å². The van der Waals surface area contributed by atoms with Crippen molar-refractivity contribution in [3.63, 3.8) is 0 Å². The summed E-state index contributed by atoms with van der Waals surface area (Å²) in [6.45, 7) is 6.40. The molecule has 0 unspecified atom stereocenters. The van der Waals surface area contributed by atoms with E-state index in [0.29, 0.717) is 6.54 Å². The second-order valence-corrected chi connectivity index (χ2v) is 5.48. The van der Waals surface area contributed by atoms with Crippen LogP contribution in [0.25, 0.3) is 11.4 Å². The van der Waals surface area contributed by atoms with Crippen LogP contribution in [0.5, 0.6) is 0 Å². The van der Waals surface area contributed by atoms with Gasteiger partial charge in [0.15, 0.2) is 5.78 Å². The van der Waals surface area contributed by atoms with Crippen molar-refractivity contribution in [1.29, 1.82) is 0 Å². The van der Waals surface area contributed by atoms with Crippen molar-refractivity contribution in [2.24, 2.45) is 0 Å². The SMILES string of the molecule is Cc1ccc(C(=O)Cn2cccc3c(C)c(C)nc2-3)cc1. The Morgan fingerprint density at radius 3 is 2.52 bits per heavy atom. The third-order valence-electron chi connectivity index (χ3n) is 3.95. The number of pyridine rings is 1. The van der Waals surface area contributed by atoms with Crippen molar-refractivity contribution < 1.29 is 4.79 Å². The van der Waals surface area contributed by atoms with Gasteiger partial charge in [-0.3, -0.25) is 4.79 Å². The van der Waals surface area contributed by atoms with Crippen molar-refractivity contribution in [3.8, 4) is 11.4 Å². The van der Waals surface area contributed by atoms with Gasteiger partial charge in [-0.1, -0.05) is 29.8 Å². The average Bonchev–Trinajstić information content (AvgIpc) is 2.77. The van der Waals surface area contributed by atoms with E-state index < -0.39 is 0 Å². The maximum Gasteiger partial charge on any atom is 0.182 e. The molecule has 2 aliphatic rings. The van der Waals surface area contributed by atoms with Crippen LogP contribution >= 0.6 is 0 Å². The Bertz CT molecular complexity index is 769. The fourth-order valence-electron chi connectivity index (χ4n) is 2.51. The van der Waals surface area contributed by atoms with Crippen LogP contribution in [0.2, 0.25) is 0 Å². The Morgan fingerprint density at radius 1 is 1.10 bits per heavy atom. The molecule has 0 bridgehead atoms. The Hall–Kier alpha value is -2.42. The number of hydrogen-bond donors (Lipinski definition) is 0. The predicted molar refractivity (Wildman–Crippen MR) is 83.8 cm³/mol. The lowest BCUT2D eigenvalue weighted by Gasteiger charge is -2.11. The molecule has 0 aliphatic carbocycles. The summed E-state index contributed by atoms with van der Waals surface area (Å²) in [4.78, 5) is 17.0. The van der Waals surface area contributed by atoms with Gasteiger partial charge in [-0.25, -0.2) is 4.98 Å². The highest BCUT2D eigenvalue weighted by Crippen LogP contribution is 2.27. The molecule has 0 saturated carbocycles. The van der Waals surface area contributed by atoms with Crippen LogP contribution in [0.1, 0.15) is 27.2 Å². The average molecular weight is 278 g/mol. The van der Waals surface area contributed by atoms with E-state index in [-0.39, 0.29) is 5.78 Å². The number of fused-ring (bicyclic) bond motifs is 1. The standard InChI is InChI=1S/C18H18N2O/c1-12-6-8-15(9-7-12)17(21)11-20-10-4-5-16-13(2)14(3)19-18(16)20/h4-10H,11H2,1-3H3. The van der Waals surface area contributed by atoms with Gasteiger partial charge >= 0.3 is 0 Å². The lowest BCUT2D eigenvalue weighted by atomic mass is 10.1. The third-order valence-corrected chi connectivity index (χ3v) is 3.95. The summed E-state index contributed by atoms with van der Waals surface area (Å²) < 4.78 is 1.93. The molecular weight excluding hydrogens is 260 g/mol. The molecule has 21 heavy (non-hydrogen) atoms. The Morgan fingerprint density at radius 2 is 1.81 bits per heavy atom. The minimum absolute atomic E-state index is 0.103. The molecule has 0 spiro atoms. The molecule has 0 N–H and O–H groups in total. The summed E-state index contributed by atoms with van der Waals surface area (Å²) in [6.07, 6.45) is 1.92. The normalized spacial score (nSPS) is 11.0. The Kier molecular flexibility index (Phi) is 3.34. The maximum absolute atomic E-state index is 12.4. The van der Waals surface area contributed by atoms with Gasteiger partial charge in [0.25, 0.3) is 0 Å². The molecule has 0 aromatic heterocycles. The van der Waals surface area contributed by atoms with Crippen LogP contribution in [0, 0.1) is 20.8 Å². The molecule has 2 aliphatic heterocycles. The minimum Gasteiger partial charge on any atom is -0.325 e. The molecule has 0 saturated heterocycles. The van der Waals surface area contributed by atoms with Crippen molar-refractivity contribution in [2.75, 3.05) is 0 Å². The second-order valence-electron chi connectivity index (χ2n) is 5.48. The molecule has 1 aromatic rings. The van der Waals surface area contributed by atoms with Gasteiger partial charge in [0.1, 0.15) is 5.82 Å². The molecule has 3 nitrogen and oxygen atoms in total. The van der Waals surface area contributed by atoms with Crippen LogP contribution in [-0.2, 0) is 6.54 Å². The minimum atomic E-state index is 0.103. The van der Waals surface area contributed by atoms with E-state index in [1.54, 1.807) is 0 Å². The monoisotopic (exact) mass is 278 g/mol. The molecule has 3 heteroatoms. The highest BCUT2D eigenvalue weighted by molar-refractivity contribution is 5.96. The largest absolute Gasteiger partial charge is 0.325 e. The first kappa shape index (κ1) is 13.6. The summed E-state index contributed by atoms with van der Waals surface area (Å²) in [5, 5.41) is 0. The van der Waals surface area contributed by atoms with Gasteiger partial charge < -0.3 is 4.57 Å². The summed E-state index contributed by atoms with van der Waals surface area (Å²) >= 11 is 0. The number of rotatable bonds is 3. The third kappa shape index (κ3) is 2.47. The molecule has 0 atom stereocenters. The quantitative estimate of drug-likeness (QED) is 0.683. The number of ketones is 1. The fraction of sp³-hybridized carbons (Fsp3) is 0.222. The van der Waals surface area contributed by atoms with Gasteiger partial charge in [0, 0.05) is 23.0 Å².